The smallest absolute Gasteiger partial charge is 0.103 e. The second-order valence-electron chi connectivity index (χ2n) is 5.23. The van der Waals surface area contributed by atoms with Crippen LogP contribution in [0.2, 0.25) is 0 Å². The lowest BCUT2D eigenvalue weighted by molar-refractivity contribution is 0.466. The Morgan fingerprint density at radius 3 is 3.00 bits per heavy atom. The molecule has 0 spiro atoms. The van der Waals surface area contributed by atoms with Crippen LogP contribution in [0.1, 0.15) is 24.8 Å². The monoisotopic (exact) mass is 266 g/mol. The van der Waals surface area contributed by atoms with Gasteiger partial charge in [0.15, 0.2) is 0 Å². The Hall–Kier alpha value is -2.12. The molecule has 0 saturated carbocycles. The summed E-state index contributed by atoms with van der Waals surface area (Å²) in [5, 5.41) is 10.5. The van der Waals surface area contributed by atoms with E-state index >= 15 is 0 Å². The van der Waals surface area contributed by atoms with E-state index in [-0.39, 0.29) is 0 Å². The number of nitrogens with two attached hydrogens (primary N) is 1. The molecule has 1 fully saturated rings. The van der Waals surface area contributed by atoms with Crippen molar-refractivity contribution in [3.63, 3.8) is 0 Å². The Balaban J connectivity index is 2.20. The van der Waals surface area contributed by atoms with Crippen molar-refractivity contribution in [1.82, 2.24) is 4.98 Å². The van der Waals surface area contributed by atoms with Crippen molar-refractivity contribution in [2.24, 2.45) is 5.73 Å². The first-order chi connectivity index (χ1) is 9.85. The van der Waals surface area contributed by atoms with E-state index in [0.29, 0.717) is 18.2 Å². The number of nitrogens with zero attached hydrogens (tertiary/aromatic N) is 3. The van der Waals surface area contributed by atoms with Gasteiger partial charge in [-0.05, 0) is 25.3 Å². The Morgan fingerprint density at radius 2 is 2.20 bits per heavy atom. The van der Waals surface area contributed by atoms with Crippen LogP contribution in [0.15, 0.2) is 30.5 Å². The minimum atomic E-state index is 0.321. The van der Waals surface area contributed by atoms with Crippen LogP contribution < -0.4 is 10.6 Å². The van der Waals surface area contributed by atoms with Gasteiger partial charge in [-0.3, -0.25) is 4.98 Å². The number of rotatable bonds is 2. The highest BCUT2D eigenvalue weighted by Gasteiger charge is 2.25. The van der Waals surface area contributed by atoms with Gasteiger partial charge in [-0.15, -0.1) is 0 Å². The highest BCUT2D eigenvalue weighted by Crippen LogP contribution is 2.33. The topological polar surface area (TPSA) is 65.9 Å². The maximum absolute atomic E-state index is 9.42. The highest BCUT2D eigenvalue weighted by atomic mass is 15.2. The van der Waals surface area contributed by atoms with Gasteiger partial charge < -0.3 is 10.6 Å². The van der Waals surface area contributed by atoms with Crippen LogP contribution in [0.4, 0.5) is 5.69 Å². The number of nitriles is 1. The predicted molar refractivity (Wildman–Crippen MR) is 80.5 cm³/mol. The second kappa shape index (κ2) is 5.48. The van der Waals surface area contributed by atoms with E-state index in [1.807, 2.05) is 24.3 Å². The molecule has 0 radical (unpaired) electrons. The number of piperidine rings is 1. The minimum Gasteiger partial charge on any atom is -0.366 e. The van der Waals surface area contributed by atoms with E-state index in [4.69, 9.17) is 5.73 Å². The summed E-state index contributed by atoms with van der Waals surface area (Å²) in [6, 6.07) is 10.6. The molecule has 102 valence electrons. The molecule has 4 heteroatoms. The van der Waals surface area contributed by atoms with Gasteiger partial charge in [-0.1, -0.05) is 18.2 Å². The van der Waals surface area contributed by atoms with Crippen molar-refractivity contribution in [3.05, 3.63) is 36.0 Å². The third-order valence-corrected chi connectivity index (χ3v) is 4.05. The molecule has 0 bridgehead atoms. The van der Waals surface area contributed by atoms with Crippen molar-refractivity contribution in [2.75, 3.05) is 18.0 Å². The number of para-hydroxylation sites is 1. The van der Waals surface area contributed by atoms with E-state index in [2.05, 4.69) is 16.0 Å². The summed E-state index contributed by atoms with van der Waals surface area (Å²) in [6.07, 6.45) is 5.14. The second-order valence-corrected chi connectivity index (χ2v) is 5.23. The largest absolute Gasteiger partial charge is 0.366 e. The Labute approximate surface area is 118 Å². The average Bonchev–Trinajstić information content (AvgIpc) is 2.53. The van der Waals surface area contributed by atoms with Gasteiger partial charge in [-0.25, -0.2) is 0 Å². The van der Waals surface area contributed by atoms with Gasteiger partial charge in [0.2, 0.25) is 0 Å². The number of pyridine rings is 1. The first kappa shape index (κ1) is 12.9. The standard InChI is InChI=1S/C16H18N4/c17-9-12-11-19-15-7-2-1-6-14(15)16(12)20-8-4-3-5-13(20)10-18/h1-2,6-7,11,13H,3-5,8,10,18H2. The minimum absolute atomic E-state index is 0.321. The van der Waals surface area contributed by atoms with Crippen molar-refractivity contribution in [2.45, 2.75) is 25.3 Å². The fourth-order valence-corrected chi connectivity index (χ4v) is 3.06. The number of benzene rings is 1. The van der Waals surface area contributed by atoms with Crippen LogP contribution in [0, 0.1) is 11.3 Å². The molecule has 3 rings (SSSR count). The first-order valence-electron chi connectivity index (χ1n) is 7.09. The van der Waals surface area contributed by atoms with Crippen LogP contribution in [0.5, 0.6) is 0 Å². The summed E-state index contributed by atoms with van der Waals surface area (Å²) in [7, 11) is 0. The Bertz CT molecular complexity index is 659. The molecular formula is C16H18N4. The van der Waals surface area contributed by atoms with Gasteiger partial charge in [-0.2, -0.15) is 5.26 Å². The molecule has 4 nitrogen and oxygen atoms in total. The highest BCUT2D eigenvalue weighted by molar-refractivity contribution is 5.94. The third-order valence-electron chi connectivity index (χ3n) is 4.05. The molecule has 2 heterocycles. The summed E-state index contributed by atoms with van der Waals surface area (Å²) < 4.78 is 0. The molecule has 1 aromatic heterocycles. The van der Waals surface area contributed by atoms with E-state index in [1.54, 1.807) is 6.20 Å². The van der Waals surface area contributed by atoms with Gasteiger partial charge in [0.1, 0.15) is 6.07 Å². The zero-order chi connectivity index (χ0) is 13.9. The number of fused-ring (bicyclic) bond motifs is 1. The normalized spacial score (nSPS) is 19.0. The summed E-state index contributed by atoms with van der Waals surface area (Å²) >= 11 is 0. The molecular weight excluding hydrogens is 248 g/mol. The molecule has 0 amide bonds. The molecule has 2 aromatic rings. The first-order valence-corrected chi connectivity index (χ1v) is 7.09. The summed E-state index contributed by atoms with van der Waals surface area (Å²) in [6.45, 7) is 1.59. The lowest BCUT2D eigenvalue weighted by Gasteiger charge is -2.38. The van der Waals surface area contributed by atoms with E-state index in [1.165, 1.54) is 6.42 Å². The fourth-order valence-electron chi connectivity index (χ4n) is 3.06. The molecule has 2 N–H and O–H groups in total. The van der Waals surface area contributed by atoms with Crippen molar-refractivity contribution >= 4 is 16.6 Å². The summed E-state index contributed by atoms with van der Waals surface area (Å²) in [5.74, 6) is 0. The van der Waals surface area contributed by atoms with Gasteiger partial charge >= 0.3 is 0 Å². The van der Waals surface area contributed by atoms with Gasteiger partial charge in [0, 0.05) is 30.7 Å². The van der Waals surface area contributed by atoms with E-state index in [0.717, 1.165) is 36.0 Å². The van der Waals surface area contributed by atoms with E-state index in [9.17, 15) is 5.26 Å². The molecule has 1 aromatic carbocycles. The molecule has 0 aliphatic carbocycles. The lowest BCUT2D eigenvalue weighted by atomic mass is 9.99. The zero-order valence-corrected chi connectivity index (χ0v) is 11.4. The maximum Gasteiger partial charge on any atom is 0.103 e. The van der Waals surface area contributed by atoms with Crippen molar-refractivity contribution in [3.8, 4) is 6.07 Å². The molecule has 1 unspecified atom stereocenters. The van der Waals surface area contributed by atoms with Crippen LogP contribution in [-0.2, 0) is 0 Å². The summed E-state index contributed by atoms with van der Waals surface area (Å²) in [5.41, 5.74) is 8.51. The Kier molecular flexibility index (Phi) is 3.53. The lowest BCUT2D eigenvalue weighted by Crippen LogP contribution is -2.44. The number of aromatic nitrogens is 1. The van der Waals surface area contributed by atoms with E-state index < -0.39 is 0 Å². The van der Waals surface area contributed by atoms with Gasteiger partial charge in [0.25, 0.3) is 0 Å². The van der Waals surface area contributed by atoms with Crippen LogP contribution in [0.25, 0.3) is 10.9 Å². The molecule has 20 heavy (non-hydrogen) atoms. The number of anilines is 1. The van der Waals surface area contributed by atoms with Gasteiger partial charge in [0.05, 0.1) is 16.8 Å². The van der Waals surface area contributed by atoms with Crippen LogP contribution in [0.3, 0.4) is 0 Å². The number of hydrogen-bond acceptors (Lipinski definition) is 4. The van der Waals surface area contributed by atoms with Crippen LogP contribution >= 0.6 is 0 Å². The zero-order valence-electron chi connectivity index (χ0n) is 11.4. The molecule has 1 aliphatic rings. The van der Waals surface area contributed by atoms with Crippen molar-refractivity contribution in [1.29, 1.82) is 5.26 Å². The quantitative estimate of drug-likeness (QED) is 0.906. The summed E-state index contributed by atoms with van der Waals surface area (Å²) in [4.78, 5) is 6.69. The predicted octanol–water partition coefficient (Wildman–Crippen LogP) is 2.42. The SMILES string of the molecule is N#Cc1cnc2ccccc2c1N1CCCCC1CN. The number of hydrogen-bond donors (Lipinski definition) is 1. The molecule has 1 aliphatic heterocycles. The van der Waals surface area contributed by atoms with Crippen molar-refractivity contribution < 1.29 is 0 Å². The molecule has 1 atom stereocenters. The van der Waals surface area contributed by atoms with Crippen LogP contribution in [-0.4, -0.2) is 24.1 Å². The fraction of sp³-hybridized carbons (Fsp3) is 0.375. The maximum atomic E-state index is 9.42. The molecule has 1 saturated heterocycles. The Morgan fingerprint density at radius 1 is 1.35 bits per heavy atom. The average molecular weight is 266 g/mol. The third kappa shape index (κ3) is 2.10.